The summed E-state index contributed by atoms with van der Waals surface area (Å²) < 4.78 is 6.11. The van der Waals surface area contributed by atoms with Crippen molar-refractivity contribution in [2.75, 3.05) is 12.4 Å². The monoisotopic (exact) mass is 348 g/mol. The molecule has 5 heteroatoms. The summed E-state index contributed by atoms with van der Waals surface area (Å²) in [5, 5.41) is 3.17. The Morgan fingerprint density at radius 2 is 2.00 bits per heavy atom. The van der Waals surface area contributed by atoms with E-state index in [1.165, 1.54) is 0 Å². The normalized spacial score (nSPS) is 11.8. The molecule has 0 saturated heterocycles. The van der Waals surface area contributed by atoms with Crippen LogP contribution in [0.4, 0.5) is 5.69 Å². The van der Waals surface area contributed by atoms with Crippen LogP contribution in [0, 0.1) is 6.92 Å². The Hall–Kier alpha value is -2.01. The quantitative estimate of drug-likeness (QED) is 0.870. The van der Waals surface area contributed by atoms with Gasteiger partial charge in [0.25, 0.3) is 0 Å². The number of para-hydroxylation sites is 1. The Kier molecular flexibility index (Phi) is 4.85. The van der Waals surface area contributed by atoms with E-state index in [0.29, 0.717) is 0 Å². The molecule has 0 heterocycles. The van der Waals surface area contributed by atoms with Gasteiger partial charge in [-0.1, -0.05) is 18.2 Å². The molecule has 2 aromatic carbocycles. The minimum Gasteiger partial charge on any atom is -0.496 e. The molecule has 1 amide bonds. The fourth-order valence-corrected chi connectivity index (χ4v) is 2.53. The van der Waals surface area contributed by atoms with Crippen molar-refractivity contribution in [1.29, 1.82) is 0 Å². The van der Waals surface area contributed by atoms with Gasteiger partial charge in [0.15, 0.2) is 0 Å². The van der Waals surface area contributed by atoms with Gasteiger partial charge in [0.2, 0.25) is 5.91 Å². The molecule has 2 aromatic rings. The molecule has 0 spiro atoms. The van der Waals surface area contributed by atoms with E-state index >= 15 is 0 Å². The number of hydrogen-bond donors (Lipinski definition) is 2. The molecule has 0 aliphatic carbocycles. The SMILES string of the molecule is COc1ccc(C(Nc2ccccc2Br)C(N)=O)cc1C. The molecule has 0 fully saturated rings. The minimum absolute atomic E-state index is 0.435. The lowest BCUT2D eigenvalue weighted by Gasteiger charge is -2.19. The first-order valence-electron chi connectivity index (χ1n) is 6.48. The molecule has 21 heavy (non-hydrogen) atoms. The van der Waals surface area contributed by atoms with Gasteiger partial charge in [0.05, 0.1) is 7.11 Å². The maximum absolute atomic E-state index is 11.8. The first kappa shape index (κ1) is 15.4. The van der Waals surface area contributed by atoms with Gasteiger partial charge in [0.1, 0.15) is 11.8 Å². The number of nitrogens with two attached hydrogens (primary N) is 1. The van der Waals surface area contributed by atoms with E-state index < -0.39 is 11.9 Å². The lowest BCUT2D eigenvalue weighted by Crippen LogP contribution is -2.27. The summed E-state index contributed by atoms with van der Waals surface area (Å²) in [6.45, 7) is 1.93. The molecule has 0 aliphatic heterocycles. The molecule has 0 bridgehead atoms. The fourth-order valence-electron chi connectivity index (χ4n) is 2.13. The minimum atomic E-state index is -0.603. The lowest BCUT2D eigenvalue weighted by molar-refractivity contribution is -0.118. The van der Waals surface area contributed by atoms with E-state index in [9.17, 15) is 4.79 Å². The van der Waals surface area contributed by atoms with Crippen molar-refractivity contribution in [3.05, 3.63) is 58.1 Å². The highest BCUT2D eigenvalue weighted by atomic mass is 79.9. The molecule has 110 valence electrons. The number of anilines is 1. The zero-order valence-corrected chi connectivity index (χ0v) is 13.5. The highest BCUT2D eigenvalue weighted by Gasteiger charge is 2.19. The fraction of sp³-hybridized carbons (Fsp3) is 0.188. The number of rotatable bonds is 5. The van der Waals surface area contributed by atoms with E-state index in [2.05, 4.69) is 21.2 Å². The number of ether oxygens (including phenoxy) is 1. The molecule has 0 aromatic heterocycles. The van der Waals surface area contributed by atoms with Crippen LogP contribution < -0.4 is 15.8 Å². The summed E-state index contributed by atoms with van der Waals surface area (Å²) in [5.41, 5.74) is 8.11. The van der Waals surface area contributed by atoms with Crippen molar-refractivity contribution in [1.82, 2.24) is 0 Å². The van der Waals surface area contributed by atoms with Crippen LogP contribution in [0.5, 0.6) is 5.75 Å². The Labute approximate surface area is 132 Å². The van der Waals surface area contributed by atoms with Gasteiger partial charge < -0.3 is 15.8 Å². The molecule has 1 atom stereocenters. The predicted molar refractivity (Wildman–Crippen MR) is 87.4 cm³/mol. The number of carbonyl (C=O) groups excluding carboxylic acids is 1. The highest BCUT2D eigenvalue weighted by molar-refractivity contribution is 9.10. The number of carbonyl (C=O) groups is 1. The van der Waals surface area contributed by atoms with Crippen LogP contribution in [0.15, 0.2) is 46.9 Å². The molecule has 0 saturated carbocycles. The van der Waals surface area contributed by atoms with E-state index in [-0.39, 0.29) is 0 Å². The first-order chi connectivity index (χ1) is 10.0. The number of benzene rings is 2. The van der Waals surface area contributed by atoms with Gasteiger partial charge in [-0.3, -0.25) is 4.79 Å². The van der Waals surface area contributed by atoms with Crippen LogP contribution in [-0.4, -0.2) is 13.0 Å². The van der Waals surface area contributed by atoms with E-state index in [4.69, 9.17) is 10.5 Å². The molecule has 1 unspecified atom stereocenters. The Morgan fingerprint density at radius 3 is 2.57 bits per heavy atom. The average Bonchev–Trinajstić information content (AvgIpc) is 2.46. The summed E-state index contributed by atoms with van der Waals surface area (Å²) in [4.78, 5) is 11.8. The Balaban J connectivity index is 2.34. The number of methoxy groups -OCH3 is 1. The summed E-state index contributed by atoms with van der Waals surface area (Å²) in [7, 11) is 1.62. The summed E-state index contributed by atoms with van der Waals surface area (Å²) in [6, 6.07) is 12.6. The molecular formula is C16H17BrN2O2. The van der Waals surface area contributed by atoms with Crippen molar-refractivity contribution >= 4 is 27.5 Å². The third-order valence-corrected chi connectivity index (χ3v) is 3.90. The molecule has 2 rings (SSSR count). The maximum atomic E-state index is 11.8. The number of halogens is 1. The highest BCUT2D eigenvalue weighted by Crippen LogP contribution is 2.28. The van der Waals surface area contributed by atoms with Gasteiger partial charge in [0, 0.05) is 10.2 Å². The zero-order chi connectivity index (χ0) is 15.4. The van der Waals surface area contributed by atoms with Crippen LogP contribution >= 0.6 is 15.9 Å². The van der Waals surface area contributed by atoms with Crippen LogP contribution in [0.2, 0.25) is 0 Å². The maximum Gasteiger partial charge on any atom is 0.244 e. The lowest BCUT2D eigenvalue weighted by atomic mass is 10.0. The van der Waals surface area contributed by atoms with Crippen molar-refractivity contribution in [3.63, 3.8) is 0 Å². The molecule has 0 radical (unpaired) electrons. The second-order valence-electron chi connectivity index (χ2n) is 4.69. The standard InChI is InChI=1S/C16H17BrN2O2/c1-10-9-11(7-8-14(10)21-2)15(16(18)20)19-13-6-4-3-5-12(13)17/h3-9,15,19H,1-2H3,(H2,18,20). The number of aryl methyl sites for hydroxylation is 1. The zero-order valence-electron chi connectivity index (χ0n) is 11.9. The predicted octanol–water partition coefficient (Wildman–Crippen LogP) is 3.40. The van der Waals surface area contributed by atoms with Crippen LogP contribution in [-0.2, 0) is 4.79 Å². The van der Waals surface area contributed by atoms with Gasteiger partial charge in [-0.2, -0.15) is 0 Å². The van der Waals surface area contributed by atoms with Crippen molar-refractivity contribution in [3.8, 4) is 5.75 Å². The van der Waals surface area contributed by atoms with Crippen LogP contribution in [0.1, 0.15) is 17.2 Å². The number of amides is 1. The number of hydrogen-bond acceptors (Lipinski definition) is 3. The first-order valence-corrected chi connectivity index (χ1v) is 7.27. The summed E-state index contributed by atoms with van der Waals surface area (Å²) >= 11 is 3.45. The van der Waals surface area contributed by atoms with E-state index in [0.717, 1.165) is 27.0 Å². The second kappa shape index (κ2) is 6.63. The molecule has 3 N–H and O–H groups in total. The Bertz CT molecular complexity index is 658. The van der Waals surface area contributed by atoms with Gasteiger partial charge in [-0.25, -0.2) is 0 Å². The topological polar surface area (TPSA) is 64.3 Å². The smallest absolute Gasteiger partial charge is 0.244 e. The second-order valence-corrected chi connectivity index (χ2v) is 5.54. The van der Waals surface area contributed by atoms with Gasteiger partial charge in [-0.05, 0) is 58.2 Å². The summed E-state index contributed by atoms with van der Waals surface area (Å²) in [6.07, 6.45) is 0. The number of nitrogens with one attached hydrogen (secondary N) is 1. The van der Waals surface area contributed by atoms with Crippen molar-refractivity contribution < 1.29 is 9.53 Å². The molecular weight excluding hydrogens is 332 g/mol. The van der Waals surface area contributed by atoms with Crippen molar-refractivity contribution in [2.24, 2.45) is 5.73 Å². The third kappa shape index (κ3) is 3.55. The van der Waals surface area contributed by atoms with Crippen LogP contribution in [0.25, 0.3) is 0 Å². The largest absolute Gasteiger partial charge is 0.496 e. The third-order valence-electron chi connectivity index (χ3n) is 3.21. The average molecular weight is 349 g/mol. The van der Waals surface area contributed by atoms with Crippen molar-refractivity contribution in [2.45, 2.75) is 13.0 Å². The summed E-state index contributed by atoms with van der Waals surface area (Å²) in [5.74, 6) is 0.346. The molecule has 0 aliphatic rings. The Morgan fingerprint density at radius 1 is 1.29 bits per heavy atom. The molecule has 4 nitrogen and oxygen atoms in total. The van der Waals surface area contributed by atoms with Crippen LogP contribution in [0.3, 0.4) is 0 Å². The van der Waals surface area contributed by atoms with E-state index in [1.807, 2.05) is 49.4 Å². The van der Waals surface area contributed by atoms with Gasteiger partial charge >= 0.3 is 0 Å². The number of primary amides is 1. The van der Waals surface area contributed by atoms with Gasteiger partial charge in [-0.15, -0.1) is 0 Å². The van der Waals surface area contributed by atoms with E-state index in [1.54, 1.807) is 7.11 Å².